The highest BCUT2D eigenvalue weighted by atomic mass is 127. The number of halogens is 1. The number of fused-ring (bicyclic) bond motifs is 1. The van der Waals surface area contributed by atoms with Crippen LogP contribution in [0.1, 0.15) is 57.1 Å². The highest BCUT2D eigenvalue weighted by Gasteiger charge is 2.39. The van der Waals surface area contributed by atoms with Crippen LogP contribution in [0.4, 0.5) is 0 Å². The third-order valence-electron chi connectivity index (χ3n) is 7.13. The van der Waals surface area contributed by atoms with Crippen LogP contribution in [-0.4, -0.2) is 88.4 Å². The van der Waals surface area contributed by atoms with Crippen LogP contribution >= 0.6 is 24.0 Å². The molecule has 1 unspecified atom stereocenters. The molecule has 0 aromatic carbocycles. The van der Waals surface area contributed by atoms with Crippen molar-refractivity contribution in [3.05, 3.63) is 11.6 Å². The fraction of sp³-hybridized carbons (Fsp3) is 0.864. The number of aliphatic imine (C=N–C) groups is 1. The van der Waals surface area contributed by atoms with E-state index in [-0.39, 0.29) is 29.5 Å². The number of aromatic nitrogens is 3. The Hall–Kier alpha value is -0.940. The maximum atomic E-state index is 5.15. The number of piperidine rings is 2. The molecule has 3 aliphatic rings. The second kappa shape index (κ2) is 11.3. The minimum absolute atomic E-state index is 0. The number of guanidine groups is 1. The lowest BCUT2D eigenvalue weighted by molar-refractivity contribution is 0.0208. The van der Waals surface area contributed by atoms with Gasteiger partial charge in [0.25, 0.3) is 0 Å². The van der Waals surface area contributed by atoms with Crippen LogP contribution in [0.15, 0.2) is 4.99 Å². The van der Waals surface area contributed by atoms with Gasteiger partial charge in [0, 0.05) is 24.5 Å². The molecule has 2 saturated heterocycles. The zero-order valence-electron chi connectivity index (χ0n) is 19.6. The maximum Gasteiger partial charge on any atom is 0.191 e. The van der Waals surface area contributed by atoms with Crippen molar-refractivity contribution in [3.8, 4) is 0 Å². The number of nitrogens with zero attached hydrogens (tertiary/aromatic N) is 6. The highest BCUT2D eigenvalue weighted by molar-refractivity contribution is 14.0. The number of nitrogens with one attached hydrogen (secondary N) is 2. The average molecular weight is 545 g/mol. The number of rotatable bonds is 5. The molecule has 0 saturated carbocycles. The standard InChI is InChI=1S/C22H40N8.HI/c1-4-23-21(26-19-8-9-20-25-18(2)27-30(20)16-19)24-17-22(10-14-28(3)15-11-22)29-12-6-5-7-13-29;/h19H,4-17H2,1-3H3,(H2,23,24,26);1H. The summed E-state index contributed by atoms with van der Waals surface area (Å²) in [6, 6.07) is 0.347. The fourth-order valence-corrected chi connectivity index (χ4v) is 5.27. The second-order valence-corrected chi connectivity index (χ2v) is 9.41. The third-order valence-corrected chi connectivity index (χ3v) is 7.13. The Bertz CT molecular complexity index is 719. The fourth-order valence-electron chi connectivity index (χ4n) is 5.27. The molecule has 0 bridgehead atoms. The average Bonchev–Trinajstić information content (AvgIpc) is 3.13. The summed E-state index contributed by atoms with van der Waals surface area (Å²) < 4.78 is 2.06. The van der Waals surface area contributed by atoms with Gasteiger partial charge in [0.2, 0.25) is 0 Å². The summed E-state index contributed by atoms with van der Waals surface area (Å²) >= 11 is 0. The molecule has 3 aliphatic heterocycles. The summed E-state index contributed by atoms with van der Waals surface area (Å²) in [6.07, 6.45) is 8.54. The highest BCUT2D eigenvalue weighted by Crippen LogP contribution is 2.31. The SMILES string of the molecule is CCNC(=NCC1(N2CCCCC2)CCN(C)CC1)NC1CCc2nc(C)nn2C1.I. The molecule has 2 fully saturated rings. The second-order valence-electron chi connectivity index (χ2n) is 9.41. The molecule has 2 N–H and O–H groups in total. The summed E-state index contributed by atoms with van der Waals surface area (Å²) in [5.41, 5.74) is 0.220. The molecular formula is C22H41IN8. The summed E-state index contributed by atoms with van der Waals surface area (Å²) in [7, 11) is 2.25. The van der Waals surface area contributed by atoms with Crippen molar-refractivity contribution in [1.29, 1.82) is 0 Å². The van der Waals surface area contributed by atoms with Crippen LogP contribution in [-0.2, 0) is 13.0 Å². The zero-order chi connectivity index (χ0) is 21.0. The smallest absolute Gasteiger partial charge is 0.191 e. The minimum Gasteiger partial charge on any atom is -0.357 e. The van der Waals surface area contributed by atoms with E-state index in [0.29, 0.717) is 6.04 Å². The lowest BCUT2D eigenvalue weighted by atomic mass is 9.84. The molecule has 0 amide bonds. The van der Waals surface area contributed by atoms with Gasteiger partial charge in [-0.3, -0.25) is 9.89 Å². The summed E-state index contributed by atoms with van der Waals surface area (Å²) in [6.45, 7) is 11.6. The summed E-state index contributed by atoms with van der Waals surface area (Å²) in [5.74, 6) is 2.94. The van der Waals surface area contributed by atoms with E-state index in [2.05, 4.69) is 49.2 Å². The zero-order valence-corrected chi connectivity index (χ0v) is 21.9. The van der Waals surface area contributed by atoms with Crippen molar-refractivity contribution < 1.29 is 0 Å². The Balaban J connectivity index is 0.00000272. The summed E-state index contributed by atoms with van der Waals surface area (Å²) in [5, 5.41) is 11.7. The van der Waals surface area contributed by atoms with Crippen molar-refractivity contribution in [3.63, 3.8) is 0 Å². The Morgan fingerprint density at radius 1 is 1.16 bits per heavy atom. The van der Waals surface area contributed by atoms with E-state index in [9.17, 15) is 0 Å². The molecule has 1 atom stereocenters. The molecule has 0 radical (unpaired) electrons. The summed E-state index contributed by atoms with van der Waals surface area (Å²) in [4.78, 5) is 14.9. The van der Waals surface area contributed by atoms with Gasteiger partial charge < -0.3 is 15.5 Å². The lowest BCUT2D eigenvalue weighted by Crippen LogP contribution is -2.58. The van der Waals surface area contributed by atoms with Gasteiger partial charge in [0.05, 0.1) is 13.1 Å². The maximum absolute atomic E-state index is 5.15. The molecule has 0 aliphatic carbocycles. The Labute approximate surface area is 204 Å². The van der Waals surface area contributed by atoms with Crippen molar-refractivity contribution >= 4 is 29.9 Å². The van der Waals surface area contributed by atoms with Crippen molar-refractivity contribution in [2.45, 2.75) is 76.9 Å². The van der Waals surface area contributed by atoms with Crippen LogP contribution in [0.25, 0.3) is 0 Å². The predicted molar refractivity (Wildman–Crippen MR) is 136 cm³/mol. The quantitative estimate of drug-likeness (QED) is 0.336. The topological polar surface area (TPSA) is 73.6 Å². The van der Waals surface area contributed by atoms with Crippen molar-refractivity contribution in [2.24, 2.45) is 4.99 Å². The first-order chi connectivity index (χ1) is 14.6. The molecule has 0 spiro atoms. The van der Waals surface area contributed by atoms with Gasteiger partial charge in [0.1, 0.15) is 11.6 Å². The van der Waals surface area contributed by atoms with Crippen LogP contribution in [0.2, 0.25) is 0 Å². The van der Waals surface area contributed by atoms with Gasteiger partial charge in [-0.15, -0.1) is 24.0 Å². The predicted octanol–water partition coefficient (Wildman–Crippen LogP) is 2.02. The number of likely N-dealkylation sites (tertiary alicyclic amines) is 2. The van der Waals surface area contributed by atoms with Crippen molar-refractivity contribution in [1.82, 2.24) is 35.2 Å². The van der Waals surface area contributed by atoms with E-state index in [1.165, 1.54) is 58.3 Å². The van der Waals surface area contributed by atoms with E-state index in [0.717, 1.165) is 50.1 Å². The molecule has 8 nitrogen and oxygen atoms in total. The monoisotopic (exact) mass is 544 g/mol. The largest absolute Gasteiger partial charge is 0.357 e. The molecule has 4 rings (SSSR count). The number of hydrogen-bond donors (Lipinski definition) is 2. The first-order valence-corrected chi connectivity index (χ1v) is 12.0. The lowest BCUT2D eigenvalue weighted by Gasteiger charge is -2.49. The van der Waals surface area contributed by atoms with E-state index < -0.39 is 0 Å². The van der Waals surface area contributed by atoms with Crippen molar-refractivity contribution in [2.75, 3.05) is 46.3 Å². The van der Waals surface area contributed by atoms with Crippen LogP contribution < -0.4 is 10.6 Å². The van der Waals surface area contributed by atoms with Gasteiger partial charge in [0.15, 0.2) is 5.96 Å². The van der Waals surface area contributed by atoms with Crippen LogP contribution in [0.5, 0.6) is 0 Å². The van der Waals surface area contributed by atoms with Gasteiger partial charge in [-0.05, 0) is 79.2 Å². The van der Waals surface area contributed by atoms with Crippen LogP contribution in [0.3, 0.4) is 0 Å². The van der Waals surface area contributed by atoms with E-state index in [4.69, 9.17) is 4.99 Å². The van der Waals surface area contributed by atoms with Gasteiger partial charge in [-0.1, -0.05) is 6.42 Å². The molecule has 1 aromatic rings. The van der Waals surface area contributed by atoms with Gasteiger partial charge in [-0.2, -0.15) is 5.10 Å². The van der Waals surface area contributed by atoms with E-state index in [1.54, 1.807) is 0 Å². The minimum atomic E-state index is 0. The third kappa shape index (κ3) is 6.10. The number of aryl methyl sites for hydroxylation is 2. The first kappa shape index (κ1) is 24.7. The van der Waals surface area contributed by atoms with Gasteiger partial charge in [-0.25, -0.2) is 9.67 Å². The molecule has 31 heavy (non-hydrogen) atoms. The molecule has 1 aromatic heterocycles. The Kier molecular flexibility index (Phi) is 8.98. The Morgan fingerprint density at radius 3 is 2.61 bits per heavy atom. The number of hydrogen-bond acceptors (Lipinski definition) is 5. The normalized spacial score (nSPS) is 24.9. The van der Waals surface area contributed by atoms with E-state index in [1.807, 2.05) is 6.92 Å². The molecular weight excluding hydrogens is 503 g/mol. The van der Waals surface area contributed by atoms with Gasteiger partial charge >= 0.3 is 0 Å². The molecule has 176 valence electrons. The van der Waals surface area contributed by atoms with E-state index >= 15 is 0 Å². The molecule has 4 heterocycles. The molecule has 9 heteroatoms. The van der Waals surface area contributed by atoms with Crippen LogP contribution in [0, 0.1) is 6.92 Å². The first-order valence-electron chi connectivity index (χ1n) is 12.0. The Morgan fingerprint density at radius 2 is 1.90 bits per heavy atom.